The van der Waals surface area contributed by atoms with Crippen molar-refractivity contribution in [3.8, 4) is 0 Å². The van der Waals surface area contributed by atoms with Crippen molar-refractivity contribution in [1.29, 1.82) is 0 Å². The van der Waals surface area contributed by atoms with Gasteiger partial charge in [-0.15, -0.1) is 0 Å². The summed E-state index contributed by atoms with van der Waals surface area (Å²) in [7, 11) is 2.02. The van der Waals surface area contributed by atoms with Gasteiger partial charge in [0.05, 0.1) is 0 Å². The lowest BCUT2D eigenvalue weighted by Gasteiger charge is -2.32. The Balaban J connectivity index is 1.94. The largest absolute Gasteiger partial charge is 0.313 e. The molecule has 1 aliphatic rings. The van der Waals surface area contributed by atoms with Crippen LogP contribution in [0.5, 0.6) is 0 Å². The van der Waals surface area contributed by atoms with Crippen molar-refractivity contribution in [1.82, 2.24) is 10.2 Å². The molecular formula is C16H24BrClN2. The van der Waals surface area contributed by atoms with E-state index in [1.807, 2.05) is 13.1 Å². The number of halogens is 2. The summed E-state index contributed by atoms with van der Waals surface area (Å²) in [6, 6.07) is 6.48. The van der Waals surface area contributed by atoms with E-state index < -0.39 is 0 Å². The zero-order valence-corrected chi connectivity index (χ0v) is 14.7. The number of piperidine rings is 1. The van der Waals surface area contributed by atoms with Crippen LogP contribution >= 0.6 is 27.5 Å². The van der Waals surface area contributed by atoms with Crippen LogP contribution in [0.15, 0.2) is 22.7 Å². The van der Waals surface area contributed by atoms with Crippen molar-refractivity contribution in [3.05, 3.63) is 33.3 Å². The minimum Gasteiger partial charge on any atom is -0.313 e. The molecule has 1 N–H and O–H groups in total. The van der Waals surface area contributed by atoms with Gasteiger partial charge in [-0.2, -0.15) is 0 Å². The van der Waals surface area contributed by atoms with E-state index in [2.05, 4.69) is 45.2 Å². The number of rotatable bonds is 5. The second-order valence-corrected chi connectivity index (χ2v) is 7.17. The molecule has 1 saturated heterocycles. The maximum Gasteiger partial charge on any atom is 0.0465 e. The van der Waals surface area contributed by atoms with Crippen molar-refractivity contribution in [2.24, 2.45) is 5.92 Å². The summed E-state index contributed by atoms with van der Waals surface area (Å²) in [4.78, 5) is 2.59. The molecule has 0 radical (unpaired) electrons. The van der Waals surface area contributed by atoms with Gasteiger partial charge < -0.3 is 10.2 Å². The number of benzene rings is 1. The maximum atomic E-state index is 6.36. The highest BCUT2D eigenvalue weighted by Crippen LogP contribution is 2.28. The fraction of sp³-hybridized carbons (Fsp3) is 0.625. The Morgan fingerprint density at radius 2 is 2.30 bits per heavy atom. The Bertz CT molecular complexity index is 438. The van der Waals surface area contributed by atoms with Crippen LogP contribution in [0, 0.1) is 5.92 Å². The van der Waals surface area contributed by atoms with E-state index in [4.69, 9.17) is 11.6 Å². The summed E-state index contributed by atoms with van der Waals surface area (Å²) >= 11 is 9.83. The second kappa shape index (κ2) is 7.79. The first kappa shape index (κ1) is 16.3. The van der Waals surface area contributed by atoms with Crippen LogP contribution in [0.2, 0.25) is 5.02 Å². The van der Waals surface area contributed by atoms with E-state index >= 15 is 0 Å². The lowest BCUT2D eigenvalue weighted by molar-refractivity contribution is 0.176. The number of hydrogen-bond acceptors (Lipinski definition) is 2. The summed E-state index contributed by atoms with van der Waals surface area (Å²) in [5.41, 5.74) is 1.20. The van der Waals surface area contributed by atoms with Gasteiger partial charge in [0, 0.05) is 22.1 Å². The molecule has 1 heterocycles. The van der Waals surface area contributed by atoms with Crippen molar-refractivity contribution >= 4 is 27.5 Å². The van der Waals surface area contributed by atoms with E-state index in [0.29, 0.717) is 6.04 Å². The van der Waals surface area contributed by atoms with Crippen LogP contribution in [-0.2, 0) is 0 Å². The molecule has 2 unspecified atom stereocenters. The number of likely N-dealkylation sites (tertiary alicyclic amines) is 1. The molecule has 1 fully saturated rings. The highest BCUT2D eigenvalue weighted by molar-refractivity contribution is 9.10. The molecule has 1 aromatic carbocycles. The molecule has 4 heteroatoms. The Morgan fingerprint density at radius 1 is 1.50 bits per heavy atom. The summed E-state index contributed by atoms with van der Waals surface area (Å²) in [6.07, 6.45) is 3.82. The van der Waals surface area contributed by atoms with Crippen molar-refractivity contribution in [3.63, 3.8) is 0 Å². The van der Waals surface area contributed by atoms with E-state index in [-0.39, 0.29) is 0 Å². The van der Waals surface area contributed by atoms with Gasteiger partial charge in [0.15, 0.2) is 0 Å². The third-order valence-corrected chi connectivity index (χ3v) is 4.98. The molecule has 0 spiro atoms. The average molecular weight is 360 g/mol. The highest BCUT2D eigenvalue weighted by atomic mass is 79.9. The standard InChI is InChI=1S/C16H24BrClN2/c1-12-4-3-8-20(11-12)9-7-16(19-2)14-6-5-13(17)10-15(14)18/h5-6,10,12,16,19H,3-4,7-9,11H2,1-2H3. The summed E-state index contributed by atoms with van der Waals surface area (Å²) in [5, 5.41) is 4.24. The molecule has 1 aliphatic heterocycles. The van der Waals surface area contributed by atoms with Gasteiger partial charge >= 0.3 is 0 Å². The average Bonchev–Trinajstić information content (AvgIpc) is 2.41. The molecule has 0 amide bonds. The van der Waals surface area contributed by atoms with Crippen molar-refractivity contribution in [2.75, 3.05) is 26.7 Å². The van der Waals surface area contributed by atoms with E-state index in [0.717, 1.165) is 28.4 Å². The lowest BCUT2D eigenvalue weighted by Crippen LogP contribution is -2.36. The molecule has 0 saturated carbocycles. The minimum atomic E-state index is 0.327. The van der Waals surface area contributed by atoms with Crippen LogP contribution in [-0.4, -0.2) is 31.6 Å². The quantitative estimate of drug-likeness (QED) is 0.833. The predicted octanol–water partition coefficient (Wildman–Crippen LogP) is 4.49. The number of nitrogens with zero attached hydrogens (tertiary/aromatic N) is 1. The Hall–Kier alpha value is -0.0900. The number of nitrogens with one attached hydrogen (secondary N) is 1. The maximum absolute atomic E-state index is 6.36. The zero-order chi connectivity index (χ0) is 14.5. The molecule has 1 aromatic rings. The molecule has 2 rings (SSSR count). The second-order valence-electron chi connectivity index (χ2n) is 5.84. The minimum absolute atomic E-state index is 0.327. The molecular weight excluding hydrogens is 336 g/mol. The van der Waals surface area contributed by atoms with Crippen LogP contribution < -0.4 is 5.32 Å². The highest BCUT2D eigenvalue weighted by Gasteiger charge is 2.19. The summed E-state index contributed by atoms with van der Waals surface area (Å²) in [6.45, 7) is 5.98. The molecule has 0 aromatic heterocycles. The first-order chi connectivity index (χ1) is 9.60. The smallest absolute Gasteiger partial charge is 0.0465 e. The Morgan fingerprint density at radius 3 is 2.95 bits per heavy atom. The number of hydrogen-bond donors (Lipinski definition) is 1. The first-order valence-electron chi connectivity index (χ1n) is 7.44. The monoisotopic (exact) mass is 358 g/mol. The van der Waals surface area contributed by atoms with Crippen molar-refractivity contribution in [2.45, 2.75) is 32.2 Å². The molecule has 0 bridgehead atoms. The third-order valence-electron chi connectivity index (χ3n) is 4.16. The molecule has 2 nitrogen and oxygen atoms in total. The molecule has 2 atom stereocenters. The van der Waals surface area contributed by atoms with Crippen molar-refractivity contribution < 1.29 is 0 Å². The van der Waals surface area contributed by atoms with Gasteiger partial charge in [-0.1, -0.05) is 40.5 Å². The molecule has 20 heavy (non-hydrogen) atoms. The first-order valence-corrected chi connectivity index (χ1v) is 8.62. The van der Waals surface area contributed by atoms with Crippen LogP contribution in [0.1, 0.15) is 37.8 Å². The van der Waals surface area contributed by atoms with Gasteiger partial charge in [0.2, 0.25) is 0 Å². The predicted molar refractivity (Wildman–Crippen MR) is 90.4 cm³/mol. The molecule has 112 valence electrons. The van der Waals surface area contributed by atoms with Gasteiger partial charge in [0.25, 0.3) is 0 Å². The van der Waals surface area contributed by atoms with Crippen LogP contribution in [0.25, 0.3) is 0 Å². The van der Waals surface area contributed by atoms with Crippen LogP contribution in [0.3, 0.4) is 0 Å². The summed E-state index contributed by atoms with van der Waals surface area (Å²) in [5.74, 6) is 0.841. The fourth-order valence-corrected chi connectivity index (χ4v) is 3.85. The zero-order valence-electron chi connectivity index (χ0n) is 12.3. The SMILES string of the molecule is CNC(CCN1CCCC(C)C1)c1ccc(Br)cc1Cl. The normalized spacial score (nSPS) is 21.9. The summed E-state index contributed by atoms with van der Waals surface area (Å²) < 4.78 is 1.03. The van der Waals surface area contributed by atoms with Crippen LogP contribution in [0.4, 0.5) is 0 Å². The van der Waals surface area contributed by atoms with Gasteiger partial charge in [0.1, 0.15) is 0 Å². The Kier molecular flexibility index (Phi) is 6.34. The molecule has 0 aliphatic carbocycles. The van der Waals surface area contributed by atoms with E-state index in [1.165, 1.54) is 31.5 Å². The van der Waals surface area contributed by atoms with Gasteiger partial charge in [-0.3, -0.25) is 0 Å². The third kappa shape index (κ3) is 4.45. The lowest BCUT2D eigenvalue weighted by atomic mass is 9.99. The fourth-order valence-electron chi connectivity index (χ4n) is 3.04. The van der Waals surface area contributed by atoms with Gasteiger partial charge in [-0.25, -0.2) is 0 Å². The van der Waals surface area contributed by atoms with E-state index in [1.54, 1.807) is 0 Å². The topological polar surface area (TPSA) is 15.3 Å². The van der Waals surface area contributed by atoms with Gasteiger partial charge in [-0.05, 0) is 63.0 Å². The Labute approximate surface area is 136 Å². The van der Waals surface area contributed by atoms with E-state index in [9.17, 15) is 0 Å².